The zero-order chi connectivity index (χ0) is 14.2. The molecule has 0 atom stereocenters. The Hall–Kier alpha value is -2.34. The highest BCUT2D eigenvalue weighted by Gasteiger charge is 2.18. The lowest BCUT2D eigenvalue weighted by molar-refractivity contribution is -0.384. The molecule has 0 aliphatic carbocycles. The van der Waals surface area contributed by atoms with Crippen LogP contribution in [0.1, 0.15) is 16.1 Å². The zero-order valence-corrected chi connectivity index (χ0v) is 10.5. The Morgan fingerprint density at radius 2 is 2.11 bits per heavy atom. The van der Waals surface area contributed by atoms with E-state index in [2.05, 4.69) is 0 Å². The number of nitro benzene ring substituents is 1. The number of carboxylic acid groups (broad SMARTS) is 1. The molecule has 19 heavy (non-hydrogen) atoms. The summed E-state index contributed by atoms with van der Waals surface area (Å²) in [5.41, 5.74) is 0.887. The number of aryl methyl sites for hydroxylation is 1. The molecule has 0 spiro atoms. The van der Waals surface area contributed by atoms with E-state index in [9.17, 15) is 14.9 Å². The Kier molecular flexibility index (Phi) is 3.26. The van der Waals surface area contributed by atoms with E-state index in [1.165, 1.54) is 24.3 Å². The van der Waals surface area contributed by atoms with Gasteiger partial charge in [0.2, 0.25) is 5.76 Å². The Balaban J connectivity index is 2.53. The maximum Gasteiger partial charge on any atom is 0.371 e. The van der Waals surface area contributed by atoms with Crippen LogP contribution < -0.4 is 0 Å². The molecule has 2 aromatic rings. The quantitative estimate of drug-likeness (QED) is 0.686. The number of rotatable bonds is 3. The molecule has 0 fully saturated rings. The molecule has 1 N–H and O–H groups in total. The van der Waals surface area contributed by atoms with Crippen molar-refractivity contribution in [1.29, 1.82) is 0 Å². The Morgan fingerprint density at radius 1 is 1.42 bits per heavy atom. The predicted octanol–water partition coefficient (Wildman–Crippen LogP) is 3.51. The molecular weight excluding hydrogens is 274 g/mol. The Labute approximate surface area is 112 Å². The van der Waals surface area contributed by atoms with Crippen molar-refractivity contribution in [2.75, 3.05) is 0 Å². The van der Waals surface area contributed by atoms with Crippen molar-refractivity contribution in [2.24, 2.45) is 0 Å². The monoisotopic (exact) mass is 281 g/mol. The predicted molar refractivity (Wildman–Crippen MR) is 67.5 cm³/mol. The number of benzene rings is 1. The maximum atomic E-state index is 10.7. The lowest BCUT2D eigenvalue weighted by atomic mass is 10.1. The van der Waals surface area contributed by atoms with Gasteiger partial charge in [0.1, 0.15) is 10.8 Å². The minimum atomic E-state index is -1.18. The van der Waals surface area contributed by atoms with Crippen LogP contribution in [0, 0.1) is 17.0 Å². The van der Waals surface area contributed by atoms with Gasteiger partial charge in [0, 0.05) is 11.6 Å². The van der Waals surface area contributed by atoms with Gasteiger partial charge in [0.05, 0.1) is 4.92 Å². The fourth-order valence-electron chi connectivity index (χ4n) is 1.67. The number of halogens is 1. The fourth-order valence-corrected chi connectivity index (χ4v) is 1.90. The number of nitrogens with zero attached hydrogens (tertiary/aromatic N) is 1. The Morgan fingerprint density at radius 3 is 2.63 bits per heavy atom. The topological polar surface area (TPSA) is 93.6 Å². The van der Waals surface area contributed by atoms with Crippen LogP contribution in [-0.2, 0) is 0 Å². The van der Waals surface area contributed by atoms with E-state index < -0.39 is 10.9 Å². The first-order valence-corrected chi connectivity index (χ1v) is 5.56. The highest BCUT2D eigenvalue weighted by molar-refractivity contribution is 6.33. The summed E-state index contributed by atoms with van der Waals surface area (Å²) in [6, 6.07) is 5.50. The van der Waals surface area contributed by atoms with Gasteiger partial charge >= 0.3 is 5.97 Å². The normalized spacial score (nSPS) is 10.4. The van der Waals surface area contributed by atoms with Crippen LogP contribution >= 0.6 is 11.6 Å². The maximum absolute atomic E-state index is 10.7. The van der Waals surface area contributed by atoms with Crippen LogP contribution in [0.15, 0.2) is 28.7 Å². The summed E-state index contributed by atoms with van der Waals surface area (Å²) >= 11 is 5.82. The molecule has 6 nitrogen and oxygen atoms in total. The van der Waals surface area contributed by atoms with Crippen molar-refractivity contribution in [2.45, 2.75) is 6.92 Å². The van der Waals surface area contributed by atoms with Crippen molar-refractivity contribution in [3.05, 3.63) is 50.7 Å². The fraction of sp³-hybridized carbons (Fsp3) is 0.0833. The van der Waals surface area contributed by atoms with Crippen molar-refractivity contribution in [3.8, 4) is 11.3 Å². The number of carbonyl (C=O) groups is 1. The van der Waals surface area contributed by atoms with Crippen molar-refractivity contribution >= 4 is 23.3 Å². The largest absolute Gasteiger partial charge is 0.475 e. The highest BCUT2D eigenvalue weighted by atomic mass is 35.5. The van der Waals surface area contributed by atoms with Gasteiger partial charge in [-0.2, -0.15) is 0 Å². The van der Waals surface area contributed by atoms with Gasteiger partial charge in [-0.25, -0.2) is 4.79 Å². The number of furan rings is 1. The van der Waals surface area contributed by atoms with E-state index in [4.69, 9.17) is 21.1 Å². The van der Waals surface area contributed by atoms with Gasteiger partial charge in [0.25, 0.3) is 5.69 Å². The molecule has 98 valence electrons. The summed E-state index contributed by atoms with van der Waals surface area (Å²) in [5, 5.41) is 19.5. The minimum Gasteiger partial charge on any atom is -0.475 e. The summed E-state index contributed by atoms with van der Waals surface area (Å²) in [7, 11) is 0. The van der Waals surface area contributed by atoms with Gasteiger partial charge in [-0.05, 0) is 30.7 Å². The summed E-state index contributed by atoms with van der Waals surface area (Å²) in [6.45, 7) is 1.65. The van der Waals surface area contributed by atoms with Gasteiger partial charge in [-0.1, -0.05) is 11.6 Å². The average molecular weight is 282 g/mol. The van der Waals surface area contributed by atoms with Crippen LogP contribution in [0.3, 0.4) is 0 Å². The van der Waals surface area contributed by atoms with Crippen LogP contribution in [0.2, 0.25) is 5.02 Å². The number of aromatic carboxylic acids is 1. The van der Waals surface area contributed by atoms with Gasteiger partial charge in [0.15, 0.2) is 0 Å². The van der Waals surface area contributed by atoms with E-state index >= 15 is 0 Å². The first-order chi connectivity index (χ1) is 8.90. The van der Waals surface area contributed by atoms with Crippen molar-refractivity contribution < 1.29 is 19.2 Å². The Bertz CT molecular complexity index is 677. The molecule has 7 heteroatoms. The number of nitro groups is 1. The van der Waals surface area contributed by atoms with E-state index in [0.717, 1.165) is 0 Å². The second-order valence-electron chi connectivity index (χ2n) is 3.84. The minimum absolute atomic E-state index is 0.0288. The van der Waals surface area contributed by atoms with Crippen molar-refractivity contribution in [3.63, 3.8) is 0 Å². The molecule has 2 rings (SSSR count). The standard InChI is InChI=1S/C12H8ClNO5/c1-6-4-9(14(17)18)8(13)5-7(6)10-2-3-11(19-10)12(15)16/h2-5H,1H3,(H,15,16). The van der Waals surface area contributed by atoms with E-state index in [0.29, 0.717) is 16.9 Å². The number of hydrogen-bond acceptors (Lipinski definition) is 4. The first-order valence-electron chi connectivity index (χ1n) is 5.18. The molecule has 0 aliphatic heterocycles. The summed E-state index contributed by atoms with van der Waals surface area (Å²) < 4.78 is 5.14. The number of carboxylic acids is 1. The SMILES string of the molecule is Cc1cc([N+](=O)[O-])c(Cl)cc1-c1ccc(C(=O)O)o1. The molecule has 0 amide bonds. The summed E-state index contributed by atoms with van der Waals surface area (Å²) in [5.74, 6) is -1.09. The summed E-state index contributed by atoms with van der Waals surface area (Å²) in [4.78, 5) is 20.9. The van der Waals surface area contributed by atoms with E-state index in [1.54, 1.807) is 6.92 Å². The highest BCUT2D eigenvalue weighted by Crippen LogP contribution is 2.34. The van der Waals surface area contributed by atoms with Gasteiger partial charge < -0.3 is 9.52 Å². The summed E-state index contributed by atoms with van der Waals surface area (Å²) in [6.07, 6.45) is 0. The third kappa shape index (κ3) is 2.43. The average Bonchev–Trinajstić information content (AvgIpc) is 2.80. The van der Waals surface area contributed by atoms with Crippen LogP contribution in [0.25, 0.3) is 11.3 Å². The molecule has 1 heterocycles. The van der Waals surface area contributed by atoms with Crippen LogP contribution in [0.4, 0.5) is 5.69 Å². The van der Waals surface area contributed by atoms with Crippen LogP contribution in [0.5, 0.6) is 0 Å². The third-order valence-electron chi connectivity index (χ3n) is 2.57. The lowest BCUT2D eigenvalue weighted by Gasteiger charge is -2.04. The molecule has 1 aromatic carbocycles. The second kappa shape index (κ2) is 4.74. The smallest absolute Gasteiger partial charge is 0.371 e. The second-order valence-corrected chi connectivity index (χ2v) is 4.25. The van der Waals surface area contributed by atoms with Gasteiger partial charge in [-0.15, -0.1) is 0 Å². The number of hydrogen-bond donors (Lipinski definition) is 1. The molecular formula is C12H8ClNO5. The van der Waals surface area contributed by atoms with Gasteiger partial charge in [-0.3, -0.25) is 10.1 Å². The molecule has 0 aliphatic rings. The third-order valence-corrected chi connectivity index (χ3v) is 2.88. The zero-order valence-electron chi connectivity index (χ0n) is 9.71. The van der Waals surface area contributed by atoms with E-state index in [-0.39, 0.29) is 16.5 Å². The lowest BCUT2D eigenvalue weighted by Crippen LogP contribution is -1.93. The van der Waals surface area contributed by atoms with E-state index in [1.807, 2.05) is 0 Å². The van der Waals surface area contributed by atoms with Crippen LogP contribution in [-0.4, -0.2) is 16.0 Å². The molecule has 0 bridgehead atoms. The molecule has 0 saturated heterocycles. The molecule has 0 unspecified atom stereocenters. The molecule has 0 saturated carbocycles. The molecule has 0 radical (unpaired) electrons. The first kappa shape index (κ1) is 13.1. The van der Waals surface area contributed by atoms with Crippen molar-refractivity contribution in [1.82, 2.24) is 0 Å². The molecule has 1 aromatic heterocycles.